The van der Waals surface area contributed by atoms with Crippen molar-refractivity contribution in [1.82, 2.24) is 20.4 Å². The van der Waals surface area contributed by atoms with Gasteiger partial charge in [-0.3, -0.25) is 4.79 Å². The Morgan fingerprint density at radius 2 is 2.00 bits per heavy atom. The summed E-state index contributed by atoms with van der Waals surface area (Å²) >= 11 is 0. The monoisotopic (exact) mass is 348 g/mol. The molecule has 2 heterocycles. The van der Waals surface area contributed by atoms with Gasteiger partial charge in [0.05, 0.1) is 6.10 Å². The average molecular weight is 348 g/mol. The van der Waals surface area contributed by atoms with Gasteiger partial charge < -0.3 is 19.9 Å². The smallest absolute Gasteiger partial charge is 0.316 e. The Kier molecular flexibility index (Phi) is 4.20. The molecule has 0 spiro atoms. The Hall–Kier alpha value is -3.45. The van der Waals surface area contributed by atoms with E-state index in [1.165, 1.54) is 0 Å². The van der Waals surface area contributed by atoms with Gasteiger partial charge in [0.25, 0.3) is 0 Å². The highest BCUT2D eigenvalue weighted by atomic mass is 16.5. The highest BCUT2D eigenvalue weighted by Gasteiger charge is 2.18. The van der Waals surface area contributed by atoms with Crippen LogP contribution in [0.25, 0.3) is 22.3 Å². The number of fused-ring (bicyclic) bond motifs is 1. The molecular formula is C19H16N4O3. The van der Waals surface area contributed by atoms with Crippen LogP contribution in [0.2, 0.25) is 0 Å². The van der Waals surface area contributed by atoms with Gasteiger partial charge in [0.1, 0.15) is 0 Å². The lowest BCUT2D eigenvalue weighted by Crippen LogP contribution is -2.28. The molecule has 0 aliphatic carbocycles. The molecule has 1 amide bonds. The van der Waals surface area contributed by atoms with Gasteiger partial charge in [-0.1, -0.05) is 47.6 Å². The number of amides is 1. The number of aliphatic hydroxyl groups excluding tert-OH is 1. The van der Waals surface area contributed by atoms with Crippen LogP contribution in [-0.4, -0.2) is 32.7 Å². The Bertz CT molecular complexity index is 1040. The summed E-state index contributed by atoms with van der Waals surface area (Å²) in [4.78, 5) is 19.5. The van der Waals surface area contributed by atoms with Gasteiger partial charge >= 0.3 is 11.8 Å². The number of H-pyrrole nitrogens is 1. The molecule has 26 heavy (non-hydrogen) atoms. The van der Waals surface area contributed by atoms with E-state index in [1.807, 2.05) is 48.7 Å². The molecule has 0 radical (unpaired) electrons. The first-order chi connectivity index (χ1) is 12.7. The van der Waals surface area contributed by atoms with Crippen LogP contribution in [0, 0.1) is 0 Å². The van der Waals surface area contributed by atoms with E-state index in [1.54, 1.807) is 12.1 Å². The van der Waals surface area contributed by atoms with E-state index < -0.39 is 12.0 Å². The largest absolute Gasteiger partial charge is 0.387 e. The molecule has 3 N–H and O–H groups in total. The van der Waals surface area contributed by atoms with E-state index in [2.05, 4.69) is 20.4 Å². The van der Waals surface area contributed by atoms with Crippen molar-refractivity contribution in [3.05, 3.63) is 72.2 Å². The second-order valence-electron chi connectivity index (χ2n) is 5.80. The van der Waals surface area contributed by atoms with Crippen molar-refractivity contribution >= 4 is 16.8 Å². The molecule has 2 aromatic carbocycles. The first-order valence-corrected chi connectivity index (χ1v) is 8.14. The maximum atomic E-state index is 12.2. The summed E-state index contributed by atoms with van der Waals surface area (Å²) in [7, 11) is 0. The maximum Gasteiger partial charge on any atom is 0.316 e. The summed E-state index contributed by atoms with van der Waals surface area (Å²) in [5.74, 6) is -0.336. The molecule has 0 saturated carbocycles. The molecule has 4 aromatic rings. The molecule has 4 rings (SSSR count). The number of aromatic nitrogens is 3. The highest BCUT2D eigenvalue weighted by molar-refractivity contribution is 5.94. The van der Waals surface area contributed by atoms with Crippen molar-refractivity contribution in [1.29, 1.82) is 0 Å². The van der Waals surface area contributed by atoms with Gasteiger partial charge in [0.15, 0.2) is 0 Å². The number of nitrogens with one attached hydrogen (secondary N) is 2. The van der Waals surface area contributed by atoms with Crippen LogP contribution in [0.15, 0.2) is 65.3 Å². The average Bonchev–Trinajstić information content (AvgIpc) is 3.35. The second kappa shape index (κ2) is 6.81. The number of carbonyl (C=O) groups excluding carboxylic acids is 1. The van der Waals surface area contributed by atoms with Crippen LogP contribution < -0.4 is 5.32 Å². The van der Waals surface area contributed by atoms with Crippen LogP contribution in [0.4, 0.5) is 0 Å². The van der Waals surface area contributed by atoms with Crippen LogP contribution in [0.3, 0.4) is 0 Å². The topological polar surface area (TPSA) is 104 Å². The van der Waals surface area contributed by atoms with Gasteiger partial charge in [-0.25, -0.2) is 0 Å². The van der Waals surface area contributed by atoms with E-state index in [9.17, 15) is 9.90 Å². The number of carbonyl (C=O) groups is 1. The van der Waals surface area contributed by atoms with Crippen molar-refractivity contribution in [2.75, 3.05) is 6.54 Å². The molecule has 0 aliphatic rings. The number of benzene rings is 2. The van der Waals surface area contributed by atoms with E-state index in [-0.39, 0.29) is 12.4 Å². The first-order valence-electron chi connectivity index (χ1n) is 8.14. The minimum absolute atomic E-state index is 0.0496. The predicted octanol–water partition coefficient (Wildman–Crippen LogP) is 2.68. The molecule has 0 fully saturated rings. The zero-order valence-corrected chi connectivity index (χ0v) is 13.7. The molecule has 7 nitrogen and oxygen atoms in total. The number of aromatic amines is 1. The third-order valence-corrected chi connectivity index (χ3v) is 4.10. The van der Waals surface area contributed by atoms with Crippen LogP contribution in [0.1, 0.15) is 22.4 Å². The first kappa shape index (κ1) is 16.0. The van der Waals surface area contributed by atoms with E-state index in [4.69, 9.17) is 4.52 Å². The summed E-state index contributed by atoms with van der Waals surface area (Å²) in [5, 5.41) is 17.6. The molecule has 0 bridgehead atoms. The van der Waals surface area contributed by atoms with Gasteiger partial charge in [-0.05, 0) is 17.7 Å². The fraction of sp³-hybridized carbons (Fsp3) is 0.105. The van der Waals surface area contributed by atoms with Crippen LogP contribution in [-0.2, 0) is 0 Å². The van der Waals surface area contributed by atoms with Crippen molar-refractivity contribution in [2.45, 2.75) is 6.10 Å². The third-order valence-electron chi connectivity index (χ3n) is 4.10. The minimum atomic E-state index is -0.809. The van der Waals surface area contributed by atoms with Crippen molar-refractivity contribution in [3.63, 3.8) is 0 Å². The third kappa shape index (κ3) is 3.07. The maximum absolute atomic E-state index is 12.2. The molecular weight excluding hydrogens is 332 g/mol. The lowest BCUT2D eigenvalue weighted by atomic mass is 10.1. The number of rotatable bonds is 5. The van der Waals surface area contributed by atoms with Crippen molar-refractivity contribution in [2.24, 2.45) is 0 Å². The summed E-state index contributed by atoms with van der Waals surface area (Å²) in [6.45, 7) is 0.0496. The molecule has 0 aliphatic heterocycles. The van der Waals surface area contributed by atoms with E-state index in [0.29, 0.717) is 5.82 Å². The Morgan fingerprint density at radius 3 is 2.85 bits per heavy atom. The standard InChI is InChI=1S/C19H16N4O3/c24-16(12-5-2-1-3-6-12)11-21-18(25)19-22-17(23-26-19)14-7-4-8-15-13(14)9-10-20-15/h1-10,16,20,24H,11H2,(H,21,25)/t16-/m1/s1. The quantitative estimate of drug-likeness (QED) is 0.514. The molecule has 2 aromatic heterocycles. The summed E-state index contributed by atoms with van der Waals surface area (Å²) in [5.41, 5.74) is 2.44. The van der Waals surface area contributed by atoms with Gasteiger partial charge in [0, 0.05) is 29.2 Å². The normalized spacial score (nSPS) is 12.2. The SMILES string of the molecule is O=C(NC[C@@H](O)c1ccccc1)c1nc(-c2cccc3[nH]ccc23)no1. The fourth-order valence-electron chi connectivity index (χ4n) is 2.76. The number of hydrogen-bond acceptors (Lipinski definition) is 5. The van der Waals surface area contributed by atoms with Gasteiger partial charge in [-0.2, -0.15) is 4.98 Å². The number of nitrogens with zero attached hydrogens (tertiary/aromatic N) is 2. The summed E-state index contributed by atoms with van der Waals surface area (Å²) in [6, 6.07) is 16.7. The molecule has 130 valence electrons. The Morgan fingerprint density at radius 1 is 1.15 bits per heavy atom. The zero-order chi connectivity index (χ0) is 17.9. The molecule has 0 saturated heterocycles. The summed E-state index contributed by atoms with van der Waals surface area (Å²) in [6.07, 6.45) is 1.02. The van der Waals surface area contributed by atoms with E-state index in [0.717, 1.165) is 22.0 Å². The Labute approximate surface area is 148 Å². The van der Waals surface area contributed by atoms with Crippen molar-refractivity contribution in [3.8, 4) is 11.4 Å². The summed E-state index contributed by atoms with van der Waals surface area (Å²) < 4.78 is 5.08. The molecule has 1 atom stereocenters. The van der Waals surface area contributed by atoms with Gasteiger partial charge in [0.2, 0.25) is 5.82 Å². The fourth-order valence-corrected chi connectivity index (χ4v) is 2.76. The number of aliphatic hydroxyl groups is 1. The van der Waals surface area contributed by atoms with E-state index >= 15 is 0 Å². The number of hydrogen-bond donors (Lipinski definition) is 3. The second-order valence-corrected chi connectivity index (χ2v) is 5.80. The molecule has 0 unspecified atom stereocenters. The predicted molar refractivity (Wildman–Crippen MR) is 95.3 cm³/mol. The molecule has 7 heteroatoms. The van der Waals surface area contributed by atoms with Crippen LogP contribution in [0.5, 0.6) is 0 Å². The lowest BCUT2D eigenvalue weighted by Gasteiger charge is -2.10. The van der Waals surface area contributed by atoms with Crippen molar-refractivity contribution < 1.29 is 14.4 Å². The minimum Gasteiger partial charge on any atom is -0.387 e. The van der Waals surface area contributed by atoms with Gasteiger partial charge in [-0.15, -0.1) is 0 Å². The Balaban J connectivity index is 1.48. The zero-order valence-electron chi connectivity index (χ0n) is 13.7. The lowest BCUT2D eigenvalue weighted by molar-refractivity contribution is 0.0873. The van der Waals surface area contributed by atoms with Crippen LogP contribution >= 0.6 is 0 Å². The highest BCUT2D eigenvalue weighted by Crippen LogP contribution is 2.25.